The zero-order chi connectivity index (χ0) is 15.4. The molecule has 3 N–H and O–H groups in total. The number of benzene rings is 1. The van der Waals surface area contributed by atoms with Crippen LogP contribution in [0.2, 0.25) is 0 Å². The molecule has 1 amide bonds. The second kappa shape index (κ2) is 6.94. The SMILES string of the molecule is Cc1cc(N)ccc1NC(=O)CCCN1CC(C)C(C)C1. The molecule has 2 atom stereocenters. The Kier molecular flexibility index (Phi) is 5.23. The fraction of sp³-hybridized carbons (Fsp3) is 0.588. The predicted molar refractivity (Wildman–Crippen MR) is 88.2 cm³/mol. The van der Waals surface area contributed by atoms with Gasteiger partial charge >= 0.3 is 0 Å². The van der Waals surface area contributed by atoms with E-state index >= 15 is 0 Å². The van der Waals surface area contributed by atoms with Gasteiger partial charge in [0.15, 0.2) is 0 Å². The number of nitrogen functional groups attached to an aromatic ring is 1. The first-order valence-electron chi connectivity index (χ1n) is 7.84. The van der Waals surface area contributed by atoms with E-state index in [0.29, 0.717) is 6.42 Å². The molecule has 4 nitrogen and oxygen atoms in total. The molecule has 116 valence electrons. The standard InChI is InChI=1S/C17H27N3O/c1-12-9-15(18)6-7-16(12)19-17(21)5-4-8-20-10-13(2)14(3)11-20/h6-7,9,13-14H,4-5,8,10-11,18H2,1-3H3,(H,19,21). The average molecular weight is 289 g/mol. The molecule has 0 saturated carbocycles. The molecule has 4 heteroatoms. The molecule has 0 radical (unpaired) electrons. The van der Waals surface area contributed by atoms with Crippen molar-refractivity contribution in [3.05, 3.63) is 23.8 Å². The minimum atomic E-state index is 0.0863. The molecule has 2 rings (SSSR count). The lowest BCUT2D eigenvalue weighted by Gasteiger charge is -2.15. The van der Waals surface area contributed by atoms with E-state index in [9.17, 15) is 4.79 Å². The van der Waals surface area contributed by atoms with Gasteiger partial charge in [0.05, 0.1) is 0 Å². The second-order valence-electron chi connectivity index (χ2n) is 6.44. The topological polar surface area (TPSA) is 58.4 Å². The summed E-state index contributed by atoms with van der Waals surface area (Å²) < 4.78 is 0. The molecule has 1 aromatic rings. The lowest BCUT2D eigenvalue weighted by molar-refractivity contribution is -0.116. The molecule has 1 heterocycles. The Morgan fingerprint density at radius 2 is 2.00 bits per heavy atom. The van der Waals surface area contributed by atoms with E-state index in [1.54, 1.807) is 0 Å². The number of carbonyl (C=O) groups is 1. The van der Waals surface area contributed by atoms with Crippen LogP contribution in [0.1, 0.15) is 32.3 Å². The summed E-state index contributed by atoms with van der Waals surface area (Å²) in [4.78, 5) is 14.5. The van der Waals surface area contributed by atoms with Crippen LogP contribution in [0.25, 0.3) is 0 Å². The van der Waals surface area contributed by atoms with Crippen LogP contribution in [0.3, 0.4) is 0 Å². The van der Waals surface area contributed by atoms with E-state index < -0.39 is 0 Å². The summed E-state index contributed by atoms with van der Waals surface area (Å²) in [5, 5.41) is 2.97. The fourth-order valence-corrected chi connectivity index (χ4v) is 2.93. The highest BCUT2D eigenvalue weighted by Crippen LogP contribution is 2.22. The maximum atomic E-state index is 12.0. The van der Waals surface area contributed by atoms with Crippen LogP contribution in [0, 0.1) is 18.8 Å². The Labute approximate surface area is 127 Å². The summed E-state index contributed by atoms with van der Waals surface area (Å²) in [6, 6.07) is 5.56. The summed E-state index contributed by atoms with van der Waals surface area (Å²) in [5.74, 6) is 1.63. The minimum absolute atomic E-state index is 0.0863. The van der Waals surface area contributed by atoms with E-state index in [1.807, 2.05) is 25.1 Å². The Morgan fingerprint density at radius 3 is 2.62 bits per heavy atom. The number of hydrogen-bond donors (Lipinski definition) is 2. The van der Waals surface area contributed by atoms with Gasteiger partial charge in [-0.1, -0.05) is 13.8 Å². The van der Waals surface area contributed by atoms with Crippen molar-refractivity contribution in [2.45, 2.75) is 33.6 Å². The molecule has 0 aliphatic carbocycles. The van der Waals surface area contributed by atoms with E-state index in [1.165, 1.54) is 13.1 Å². The normalized spacial score (nSPS) is 22.4. The van der Waals surface area contributed by atoms with Crippen LogP contribution >= 0.6 is 0 Å². The highest BCUT2D eigenvalue weighted by Gasteiger charge is 2.25. The van der Waals surface area contributed by atoms with E-state index in [-0.39, 0.29) is 5.91 Å². The molecule has 1 fully saturated rings. The van der Waals surface area contributed by atoms with Gasteiger partial charge in [0.25, 0.3) is 0 Å². The van der Waals surface area contributed by atoms with Gasteiger partial charge < -0.3 is 16.0 Å². The minimum Gasteiger partial charge on any atom is -0.399 e. The van der Waals surface area contributed by atoms with Crippen LogP contribution < -0.4 is 11.1 Å². The van der Waals surface area contributed by atoms with Crippen molar-refractivity contribution in [1.29, 1.82) is 0 Å². The van der Waals surface area contributed by atoms with Crippen molar-refractivity contribution in [3.63, 3.8) is 0 Å². The van der Waals surface area contributed by atoms with Crippen molar-refractivity contribution in [2.75, 3.05) is 30.7 Å². The Bertz CT molecular complexity index is 491. The number of anilines is 2. The van der Waals surface area contributed by atoms with Crippen molar-refractivity contribution in [3.8, 4) is 0 Å². The number of likely N-dealkylation sites (tertiary alicyclic amines) is 1. The molecular weight excluding hydrogens is 262 g/mol. The highest BCUT2D eigenvalue weighted by atomic mass is 16.1. The predicted octanol–water partition coefficient (Wildman–Crippen LogP) is 2.88. The van der Waals surface area contributed by atoms with Crippen LogP contribution in [0.5, 0.6) is 0 Å². The second-order valence-corrected chi connectivity index (χ2v) is 6.44. The lowest BCUT2D eigenvalue weighted by Crippen LogP contribution is -2.23. The van der Waals surface area contributed by atoms with Crippen LogP contribution in [0.15, 0.2) is 18.2 Å². The van der Waals surface area contributed by atoms with Gasteiger partial charge in [-0.25, -0.2) is 0 Å². The third-order valence-corrected chi connectivity index (χ3v) is 4.47. The molecule has 1 aliphatic heterocycles. The zero-order valence-corrected chi connectivity index (χ0v) is 13.4. The number of nitrogens with two attached hydrogens (primary N) is 1. The van der Waals surface area contributed by atoms with Crippen molar-refractivity contribution < 1.29 is 4.79 Å². The highest BCUT2D eigenvalue weighted by molar-refractivity contribution is 5.91. The number of hydrogen-bond acceptors (Lipinski definition) is 3. The molecule has 2 unspecified atom stereocenters. The van der Waals surface area contributed by atoms with Gasteiger partial charge in [0.2, 0.25) is 5.91 Å². The smallest absolute Gasteiger partial charge is 0.224 e. The molecule has 21 heavy (non-hydrogen) atoms. The summed E-state index contributed by atoms with van der Waals surface area (Å²) in [5.41, 5.74) is 8.30. The summed E-state index contributed by atoms with van der Waals surface area (Å²) >= 11 is 0. The van der Waals surface area contributed by atoms with Gasteiger partial charge in [0.1, 0.15) is 0 Å². The number of rotatable bonds is 5. The van der Waals surface area contributed by atoms with E-state index in [0.717, 1.165) is 41.7 Å². The number of amides is 1. The van der Waals surface area contributed by atoms with Crippen molar-refractivity contribution >= 4 is 17.3 Å². The molecule has 0 aromatic heterocycles. The molecule has 1 saturated heterocycles. The largest absolute Gasteiger partial charge is 0.399 e. The molecule has 0 bridgehead atoms. The number of nitrogens with one attached hydrogen (secondary N) is 1. The third kappa shape index (κ3) is 4.46. The molecule has 1 aliphatic rings. The van der Waals surface area contributed by atoms with Crippen LogP contribution in [-0.2, 0) is 4.79 Å². The maximum Gasteiger partial charge on any atom is 0.224 e. The first-order valence-corrected chi connectivity index (χ1v) is 7.84. The first-order chi connectivity index (χ1) is 9.95. The first kappa shape index (κ1) is 15.8. The Balaban J connectivity index is 1.73. The summed E-state index contributed by atoms with van der Waals surface area (Å²) in [6.45, 7) is 9.92. The van der Waals surface area contributed by atoms with Gasteiger partial charge in [-0.05, 0) is 55.5 Å². The fourth-order valence-electron chi connectivity index (χ4n) is 2.93. The number of nitrogens with zero attached hydrogens (tertiary/aromatic N) is 1. The third-order valence-electron chi connectivity index (χ3n) is 4.47. The Morgan fingerprint density at radius 1 is 1.33 bits per heavy atom. The Hall–Kier alpha value is -1.55. The molecule has 0 spiro atoms. The molecular formula is C17H27N3O. The zero-order valence-electron chi connectivity index (χ0n) is 13.4. The van der Waals surface area contributed by atoms with Crippen molar-refractivity contribution in [1.82, 2.24) is 4.90 Å². The van der Waals surface area contributed by atoms with Crippen LogP contribution in [0.4, 0.5) is 11.4 Å². The van der Waals surface area contributed by atoms with Gasteiger partial charge in [-0.2, -0.15) is 0 Å². The lowest BCUT2D eigenvalue weighted by atomic mass is 10.0. The summed E-state index contributed by atoms with van der Waals surface area (Å²) in [7, 11) is 0. The van der Waals surface area contributed by atoms with Gasteiger partial charge in [-0.3, -0.25) is 4.79 Å². The van der Waals surface area contributed by atoms with E-state index in [4.69, 9.17) is 5.73 Å². The average Bonchev–Trinajstić information content (AvgIpc) is 2.72. The number of carbonyl (C=O) groups excluding carboxylic acids is 1. The quantitative estimate of drug-likeness (QED) is 0.819. The molecule has 1 aromatic carbocycles. The van der Waals surface area contributed by atoms with Gasteiger partial charge in [0, 0.05) is 30.9 Å². The van der Waals surface area contributed by atoms with Crippen molar-refractivity contribution in [2.24, 2.45) is 11.8 Å². The summed E-state index contributed by atoms with van der Waals surface area (Å²) in [6.07, 6.45) is 1.49. The number of aryl methyl sites for hydroxylation is 1. The van der Waals surface area contributed by atoms with E-state index in [2.05, 4.69) is 24.1 Å². The van der Waals surface area contributed by atoms with Gasteiger partial charge in [-0.15, -0.1) is 0 Å². The van der Waals surface area contributed by atoms with Crippen LogP contribution in [-0.4, -0.2) is 30.4 Å². The maximum absolute atomic E-state index is 12.0. The monoisotopic (exact) mass is 289 g/mol.